The van der Waals surface area contributed by atoms with Gasteiger partial charge in [0.1, 0.15) is 0 Å². The van der Waals surface area contributed by atoms with Crippen molar-refractivity contribution in [3.8, 4) is 0 Å². The Morgan fingerprint density at radius 3 is 3.00 bits per heavy atom. The lowest BCUT2D eigenvalue weighted by molar-refractivity contribution is 0.382. The van der Waals surface area contributed by atoms with Gasteiger partial charge in [0.2, 0.25) is 5.89 Å². The second-order valence-corrected chi connectivity index (χ2v) is 3.02. The van der Waals surface area contributed by atoms with Crippen LogP contribution in [-0.2, 0) is 6.42 Å². The van der Waals surface area contributed by atoms with E-state index < -0.39 is 0 Å². The van der Waals surface area contributed by atoms with E-state index >= 15 is 0 Å². The number of halogens is 1. The Morgan fingerprint density at radius 1 is 1.70 bits per heavy atom. The van der Waals surface area contributed by atoms with Gasteiger partial charge in [-0.05, 0) is 23.0 Å². The summed E-state index contributed by atoms with van der Waals surface area (Å²) in [7, 11) is 0. The van der Waals surface area contributed by atoms with Crippen molar-refractivity contribution in [2.75, 3.05) is 12.0 Å². The summed E-state index contributed by atoms with van der Waals surface area (Å²) in [4.78, 5) is 3.82. The van der Waals surface area contributed by atoms with Crippen LogP contribution in [0.2, 0.25) is 5.28 Å². The van der Waals surface area contributed by atoms with Crippen molar-refractivity contribution in [1.29, 1.82) is 0 Å². The molecule has 0 N–H and O–H groups in total. The van der Waals surface area contributed by atoms with Crippen molar-refractivity contribution in [3.05, 3.63) is 11.2 Å². The molecule has 1 heterocycles. The van der Waals surface area contributed by atoms with Crippen LogP contribution < -0.4 is 0 Å². The van der Waals surface area contributed by atoms with Gasteiger partial charge in [0.15, 0.2) is 0 Å². The Kier molecular flexibility index (Phi) is 3.02. The van der Waals surface area contributed by atoms with E-state index in [1.807, 2.05) is 6.26 Å². The molecule has 0 saturated heterocycles. The summed E-state index contributed by atoms with van der Waals surface area (Å²) in [6.45, 7) is 0. The summed E-state index contributed by atoms with van der Waals surface area (Å²) < 4.78 is 4.76. The first-order valence-electron chi connectivity index (χ1n) is 2.80. The maximum Gasteiger partial charge on any atom is 0.263 e. The third-order valence-corrected chi connectivity index (χ3v) is 1.73. The first-order chi connectivity index (χ1) is 4.83. The third-order valence-electron chi connectivity index (χ3n) is 0.963. The molecule has 0 aliphatic carbocycles. The molecule has 0 aliphatic heterocycles. The summed E-state index contributed by atoms with van der Waals surface area (Å²) in [5, 5.41) is 3.63. The first-order valence-corrected chi connectivity index (χ1v) is 4.57. The van der Waals surface area contributed by atoms with Crippen molar-refractivity contribution in [2.45, 2.75) is 6.42 Å². The van der Waals surface area contributed by atoms with Gasteiger partial charge in [-0.3, -0.25) is 0 Å². The number of thioether (sulfide) groups is 1. The Hall–Kier alpha value is -0.220. The molecule has 0 amide bonds. The second kappa shape index (κ2) is 3.83. The molecule has 0 spiro atoms. The largest absolute Gasteiger partial charge is 0.338 e. The van der Waals surface area contributed by atoms with Gasteiger partial charge >= 0.3 is 0 Å². The van der Waals surface area contributed by atoms with Crippen LogP contribution in [0.5, 0.6) is 0 Å². The predicted molar refractivity (Wildman–Crippen MR) is 41.4 cm³/mol. The molecule has 10 heavy (non-hydrogen) atoms. The fraction of sp³-hybridized carbons (Fsp3) is 0.600. The Bertz CT molecular complexity index is 203. The van der Waals surface area contributed by atoms with Crippen molar-refractivity contribution in [2.24, 2.45) is 0 Å². The van der Waals surface area contributed by atoms with Gasteiger partial charge in [-0.15, -0.1) is 0 Å². The monoisotopic (exact) mass is 178 g/mol. The molecule has 0 aromatic carbocycles. The van der Waals surface area contributed by atoms with Crippen LogP contribution in [0.1, 0.15) is 5.89 Å². The minimum Gasteiger partial charge on any atom is -0.338 e. The number of aromatic nitrogens is 2. The van der Waals surface area contributed by atoms with Crippen LogP contribution in [0.15, 0.2) is 4.52 Å². The van der Waals surface area contributed by atoms with Gasteiger partial charge in [-0.25, -0.2) is 0 Å². The quantitative estimate of drug-likeness (QED) is 0.706. The van der Waals surface area contributed by atoms with Gasteiger partial charge < -0.3 is 4.52 Å². The predicted octanol–water partition coefficient (Wildman–Crippen LogP) is 1.63. The summed E-state index contributed by atoms with van der Waals surface area (Å²) in [5.41, 5.74) is 0. The molecule has 0 unspecified atom stereocenters. The summed E-state index contributed by atoms with van der Waals surface area (Å²) >= 11 is 7.15. The van der Waals surface area contributed by atoms with E-state index in [9.17, 15) is 0 Å². The Balaban J connectivity index is 2.42. The molecule has 0 aliphatic rings. The molecule has 0 radical (unpaired) electrons. The number of nitrogens with zero attached hydrogens (tertiary/aromatic N) is 2. The number of aryl methyl sites for hydroxylation is 1. The van der Waals surface area contributed by atoms with Crippen LogP contribution in [0.3, 0.4) is 0 Å². The van der Waals surface area contributed by atoms with Crippen molar-refractivity contribution >= 4 is 23.4 Å². The van der Waals surface area contributed by atoms with E-state index in [1.54, 1.807) is 11.8 Å². The molecule has 0 fully saturated rings. The van der Waals surface area contributed by atoms with E-state index in [0.29, 0.717) is 5.89 Å². The third kappa shape index (κ3) is 2.19. The van der Waals surface area contributed by atoms with Gasteiger partial charge in [0.05, 0.1) is 0 Å². The van der Waals surface area contributed by atoms with Crippen LogP contribution in [0, 0.1) is 0 Å². The van der Waals surface area contributed by atoms with E-state index in [2.05, 4.69) is 10.1 Å². The zero-order chi connectivity index (χ0) is 7.40. The van der Waals surface area contributed by atoms with Crippen molar-refractivity contribution < 1.29 is 4.52 Å². The fourth-order valence-corrected chi connectivity index (χ4v) is 1.03. The van der Waals surface area contributed by atoms with Crippen LogP contribution in [-0.4, -0.2) is 22.1 Å². The normalized spacial score (nSPS) is 10.2. The molecular weight excluding hydrogens is 172 g/mol. The average Bonchev–Trinajstić information content (AvgIpc) is 2.31. The minimum absolute atomic E-state index is 0.191. The molecular formula is C5H7ClN2OS. The topological polar surface area (TPSA) is 38.9 Å². The minimum atomic E-state index is 0.191. The molecule has 56 valence electrons. The van der Waals surface area contributed by atoms with Crippen LogP contribution >= 0.6 is 23.4 Å². The SMILES string of the molecule is CSCCc1nc(Cl)no1. The van der Waals surface area contributed by atoms with E-state index in [-0.39, 0.29) is 5.28 Å². The lowest BCUT2D eigenvalue weighted by atomic mass is 10.5. The smallest absolute Gasteiger partial charge is 0.263 e. The highest BCUT2D eigenvalue weighted by Crippen LogP contribution is 2.05. The average molecular weight is 179 g/mol. The number of hydrogen-bond donors (Lipinski definition) is 0. The molecule has 0 saturated carbocycles. The van der Waals surface area contributed by atoms with E-state index in [0.717, 1.165) is 12.2 Å². The Labute approximate surface area is 68.1 Å². The highest BCUT2D eigenvalue weighted by molar-refractivity contribution is 7.98. The molecule has 0 bridgehead atoms. The van der Waals surface area contributed by atoms with E-state index in [4.69, 9.17) is 16.1 Å². The number of hydrogen-bond acceptors (Lipinski definition) is 4. The molecule has 1 aromatic rings. The molecule has 1 rings (SSSR count). The molecule has 1 aromatic heterocycles. The highest BCUT2D eigenvalue weighted by Gasteiger charge is 2.01. The highest BCUT2D eigenvalue weighted by atomic mass is 35.5. The summed E-state index contributed by atoms with van der Waals surface area (Å²) in [5.74, 6) is 1.60. The van der Waals surface area contributed by atoms with Crippen LogP contribution in [0.25, 0.3) is 0 Å². The van der Waals surface area contributed by atoms with Crippen molar-refractivity contribution in [3.63, 3.8) is 0 Å². The lowest BCUT2D eigenvalue weighted by Gasteiger charge is -1.87. The maximum atomic E-state index is 5.42. The Morgan fingerprint density at radius 2 is 2.50 bits per heavy atom. The molecule has 5 heteroatoms. The van der Waals surface area contributed by atoms with Gasteiger partial charge in [-0.1, -0.05) is 0 Å². The zero-order valence-corrected chi connectivity index (χ0v) is 7.08. The van der Waals surface area contributed by atoms with Crippen LogP contribution in [0.4, 0.5) is 0 Å². The lowest BCUT2D eigenvalue weighted by Crippen LogP contribution is -1.86. The van der Waals surface area contributed by atoms with Gasteiger partial charge in [0, 0.05) is 12.2 Å². The number of rotatable bonds is 3. The van der Waals surface area contributed by atoms with Crippen molar-refractivity contribution in [1.82, 2.24) is 10.1 Å². The fourth-order valence-electron chi connectivity index (χ4n) is 0.525. The van der Waals surface area contributed by atoms with Gasteiger partial charge in [-0.2, -0.15) is 16.7 Å². The zero-order valence-electron chi connectivity index (χ0n) is 5.50. The summed E-state index contributed by atoms with van der Waals surface area (Å²) in [6.07, 6.45) is 2.82. The standard InChI is InChI=1S/C5H7ClN2OS/c1-10-3-2-4-7-5(6)8-9-4/h2-3H2,1H3. The second-order valence-electron chi connectivity index (χ2n) is 1.70. The molecule has 3 nitrogen and oxygen atoms in total. The maximum absolute atomic E-state index is 5.42. The van der Waals surface area contributed by atoms with E-state index in [1.165, 1.54) is 0 Å². The van der Waals surface area contributed by atoms with Gasteiger partial charge in [0.25, 0.3) is 5.28 Å². The molecule has 0 atom stereocenters. The first kappa shape index (κ1) is 7.88. The summed E-state index contributed by atoms with van der Waals surface area (Å²) in [6, 6.07) is 0.